The molecule has 2 fully saturated rings. The Kier molecular flexibility index (Phi) is 9.72. The Morgan fingerprint density at radius 3 is 2.41 bits per heavy atom. The number of nitrogens with zero attached hydrogens (tertiary/aromatic N) is 7. The minimum absolute atomic E-state index is 0.0507. The molecule has 4 rings (SSSR count). The second kappa shape index (κ2) is 12.9. The summed E-state index contributed by atoms with van der Waals surface area (Å²) in [6, 6.07) is 2.98. The lowest BCUT2D eigenvalue weighted by atomic mass is 10.1. The Labute approximate surface area is 239 Å². The van der Waals surface area contributed by atoms with E-state index >= 15 is 0 Å². The zero-order chi connectivity index (χ0) is 29.8. The molecule has 2 aromatic heterocycles. The maximum Gasteiger partial charge on any atom is 0.419 e. The maximum absolute atomic E-state index is 13.0. The average molecular weight is 596 g/mol. The molecule has 0 unspecified atom stereocenters. The number of piperazine rings is 1. The van der Waals surface area contributed by atoms with E-state index in [4.69, 9.17) is 4.74 Å². The van der Waals surface area contributed by atoms with Gasteiger partial charge in [-0.2, -0.15) is 13.2 Å². The van der Waals surface area contributed by atoms with Crippen LogP contribution in [0.1, 0.15) is 36.8 Å². The number of rotatable bonds is 10. The minimum atomic E-state index is -4.48. The number of ether oxygens (including phenoxy) is 1. The van der Waals surface area contributed by atoms with Crippen molar-refractivity contribution in [1.82, 2.24) is 24.6 Å². The maximum atomic E-state index is 13.0. The van der Waals surface area contributed by atoms with Crippen molar-refractivity contribution in [3.63, 3.8) is 0 Å². The Morgan fingerprint density at radius 2 is 1.78 bits per heavy atom. The molecule has 0 aromatic carbocycles. The molecule has 0 aliphatic carbocycles. The van der Waals surface area contributed by atoms with Crippen molar-refractivity contribution >= 4 is 25.7 Å². The van der Waals surface area contributed by atoms with Crippen molar-refractivity contribution in [2.75, 3.05) is 49.1 Å². The largest absolute Gasteiger partial charge is 0.419 e. The molecule has 0 bridgehead atoms. The summed E-state index contributed by atoms with van der Waals surface area (Å²) in [4.78, 5) is 39.2. The lowest BCUT2D eigenvalue weighted by Crippen LogP contribution is -2.49. The summed E-state index contributed by atoms with van der Waals surface area (Å²) in [6.45, 7) is 12.0. The summed E-state index contributed by atoms with van der Waals surface area (Å²) < 4.78 is 45.5. The molecule has 10 nitrogen and oxygen atoms in total. The fourth-order valence-corrected chi connectivity index (χ4v) is 5.84. The number of aryl methyl sites for hydroxylation is 1. The van der Waals surface area contributed by atoms with Gasteiger partial charge in [-0.1, -0.05) is 19.6 Å². The number of aromatic nitrogens is 4. The molecule has 2 aliphatic rings. The second-order valence-electron chi connectivity index (χ2n) is 12.0. The standard InChI is InChI=1S/C27H40F3N7O3Si/c1-20-16-23(33-37(25(20)39)19-40-14-15-41(2,3)4)36-9-5-6-22(36)7-8-24(38)34-10-12-35(13-11-34)26-31-17-21(18-32-26)27(28,29)30/h16-18,22H,5-15,19H2,1-4H3/t22-/m0/s1. The highest BCUT2D eigenvalue weighted by Gasteiger charge is 2.32. The van der Waals surface area contributed by atoms with Crippen LogP contribution in [-0.2, 0) is 22.4 Å². The van der Waals surface area contributed by atoms with Crippen LogP contribution >= 0.6 is 0 Å². The van der Waals surface area contributed by atoms with Gasteiger partial charge in [-0.25, -0.2) is 14.6 Å². The Morgan fingerprint density at radius 1 is 1.10 bits per heavy atom. The summed E-state index contributed by atoms with van der Waals surface area (Å²) in [7, 11) is -1.23. The van der Waals surface area contributed by atoms with E-state index in [2.05, 4.69) is 39.6 Å². The second-order valence-corrected chi connectivity index (χ2v) is 17.6. The highest BCUT2D eigenvalue weighted by molar-refractivity contribution is 6.76. The Hall–Kier alpha value is -3.00. The van der Waals surface area contributed by atoms with Crippen LogP contribution in [0.15, 0.2) is 23.3 Å². The van der Waals surface area contributed by atoms with Crippen LogP contribution in [-0.4, -0.2) is 84.0 Å². The molecule has 14 heteroatoms. The van der Waals surface area contributed by atoms with Crippen molar-refractivity contribution in [3.8, 4) is 0 Å². The Bertz CT molecular complexity index is 1240. The van der Waals surface area contributed by atoms with E-state index < -0.39 is 19.8 Å². The molecular weight excluding hydrogens is 555 g/mol. The number of hydrogen-bond acceptors (Lipinski definition) is 8. The molecule has 0 saturated carbocycles. The van der Waals surface area contributed by atoms with Gasteiger partial charge in [0.2, 0.25) is 11.9 Å². The first-order chi connectivity index (χ1) is 19.3. The van der Waals surface area contributed by atoms with Gasteiger partial charge in [-0.05, 0) is 38.3 Å². The molecule has 0 N–H and O–H groups in total. The highest BCUT2D eigenvalue weighted by atomic mass is 28.3. The third-order valence-electron chi connectivity index (χ3n) is 7.59. The van der Waals surface area contributed by atoms with Crippen LogP contribution in [0, 0.1) is 6.92 Å². The lowest BCUT2D eigenvalue weighted by Gasteiger charge is -2.35. The molecule has 1 amide bonds. The molecule has 226 valence electrons. The summed E-state index contributed by atoms with van der Waals surface area (Å²) in [5, 5.41) is 4.61. The molecule has 2 aliphatic heterocycles. The zero-order valence-corrected chi connectivity index (χ0v) is 25.3. The normalized spacial score (nSPS) is 18.3. The molecule has 41 heavy (non-hydrogen) atoms. The highest BCUT2D eigenvalue weighted by Crippen LogP contribution is 2.29. The van der Waals surface area contributed by atoms with Crippen LogP contribution in [0.3, 0.4) is 0 Å². The van der Waals surface area contributed by atoms with Crippen molar-refractivity contribution in [1.29, 1.82) is 0 Å². The summed E-state index contributed by atoms with van der Waals surface area (Å²) in [5.41, 5.74) is -0.431. The Balaban J connectivity index is 1.29. The summed E-state index contributed by atoms with van der Waals surface area (Å²) in [6.07, 6.45) is 0.0872. The average Bonchev–Trinajstić information content (AvgIpc) is 3.40. The minimum Gasteiger partial charge on any atom is -0.359 e. The third-order valence-corrected chi connectivity index (χ3v) is 9.30. The molecular formula is C27H40F3N7O3Si. The quantitative estimate of drug-likeness (QED) is 0.303. The van der Waals surface area contributed by atoms with E-state index in [1.807, 2.05) is 6.07 Å². The van der Waals surface area contributed by atoms with Crippen LogP contribution < -0.4 is 15.4 Å². The van der Waals surface area contributed by atoms with Crippen molar-refractivity contribution in [2.45, 2.75) is 77.2 Å². The van der Waals surface area contributed by atoms with E-state index in [0.717, 1.165) is 43.6 Å². The summed E-state index contributed by atoms with van der Waals surface area (Å²) >= 11 is 0. The van der Waals surface area contributed by atoms with E-state index in [1.54, 1.807) is 16.7 Å². The first-order valence-electron chi connectivity index (χ1n) is 14.2. The fraction of sp³-hybridized carbons (Fsp3) is 0.667. The van der Waals surface area contributed by atoms with Gasteiger partial charge in [-0.15, -0.1) is 5.10 Å². The van der Waals surface area contributed by atoms with Crippen LogP contribution in [0.5, 0.6) is 0 Å². The number of alkyl halides is 3. The molecule has 4 heterocycles. The molecule has 2 saturated heterocycles. The molecule has 1 atom stereocenters. The van der Waals surface area contributed by atoms with E-state index in [0.29, 0.717) is 51.2 Å². The van der Waals surface area contributed by atoms with E-state index in [9.17, 15) is 22.8 Å². The molecule has 2 aromatic rings. The van der Waals surface area contributed by atoms with Gasteiger partial charge in [0.1, 0.15) is 12.5 Å². The monoisotopic (exact) mass is 595 g/mol. The number of anilines is 2. The number of halogens is 3. The van der Waals surface area contributed by atoms with Gasteiger partial charge >= 0.3 is 6.18 Å². The van der Waals surface area contributed by atoms with E-state index in [-0.39, 0.29) is 30.2 Å². The lowest BCUT2D eigenvalue weighted by molar-refractivity contribution is -0.138. The van der Waals surface area contributed by atoms with Crippen molar-refractivity contribution in [3.05, 3.63) is 39.9 Å². The molecule has 0 spiro atoms. The topological polar surface area (TPSA) is 96.7 Å². The number of carbonyl (C=O) groups is 1. The third kappa shape index (κ3) is 8.28. The zero-order valence-electron chi connectivity index (χ0n) is 24.3. The van der Waals surface area contributed by atoms with Gasteiger partial charge in [0.05, 0.1) is 5.56 Å². The molecule has 0 radical (unpaired) electrons. The summed E-state index contributed by atoms with van der Waals surface area (Å²) in [5.74, 6) is 1.02. The van der Waals surface area contributed by atoms with Gasteiger partial charge in [0, 0.05) is 77.8 Å². The predicted octanol–water partition coefficient (Wildman–Crippen LogP) is 3.77. The van der Waals surface area contributed by atoms with E-state index in [1.165, 1.54) is 4.68 Å². The van der Waals surface area contributed by atoms with Gasteiger partial charge < -0.3 is 19.4 Å². The van der Waals surface area contributed by atoms with Gasteiger partial charge in [0.25, 0.3) is 5.56 Å². The van der Waals surface area contributed by atoms with Crippen molar-refractivity contribution < 1.29 is 22.7 Å². The first-order valence-corrected chi connectivity index (χ1v) is 17.9. The van der Waals surface area contributed by atoms with Gasteiger partial charge in [-0.3, -0.25) is 9.59 Å². The first kappa shape index (κ1) is 30.9. The van der Waals surface area contributed by atoms with Crippen LogP contribution in [0.2, 0.25) is 25.7 Å². The van der Waals surface area contributed by atoms with Crippen molar-refractivity contribution in [2.24, 2.45) is 0 Å². The predicted molar refractivity (Wildman–Crippen MR) is 153 cm³/mol. The SMILES string of the molecule is Cc1cc(N2CCC[C@H]2CCC(=O)N2CCN(c3ncc(C(F)(F)F)cn3)CC2)nn(COCC[Si](C)(C)C)c1=O. The smallest absolute Gasteiger partial charge is 0.359 e. The number of hydrogen-bond donors (Lipinski definition) is 0. The fourth-order valence-electron chi connectivity index (χ4n) is 5.09. The van der Waals surface area contributed by atoms with Crippen LogP contribution in [0.4, 0.5) is 24.9 Å². The van der Waals surface area contributed by atoms with Gasteiger partial charge in [0.15, 0.2) is 0 Å². The number of amides is 1. The van der Waals surface area contributed by atoms with Crippen LogP contribution in [0.25, 0.3) is 0 Å². The number of carbonyl (C=O) groups excluding carboxylic acids is 1.